The van der Waals surface area contributed by atoms with E-state index >= 15 is 0 Å². The highest BCUT2D eigenvalue weighted by Gasteiger charge is 2.35. The van der Waals surface area contributed by atoms with E-state index in [1.165, 1.54) is 11.8 Å². The van der Waals surface area contributed by atoms with Crippen molar-refractivity contribution in [3.05, 3.63) is 64.2 Å². The lowest BCUT2D eigenvalue weighted by molar-refractivity contribution is -0.148. The largest absolute Gasteiger partial charge is 0.469 e. The highest BCUT2D eigenvalue weighted by molar-refractivity contribution is 8.14. The van der Waals surface area contributed by atoms with Crippen LogP contribution < -0.4 is 10.5 Å². The van der Waals surface area contributed by atoms with E-state index in [4.69, 9.17) is 26.8 Å². The zero-order valence-electron chi connectivity index (χ0n) is 15.7. The molecule has 0 radical (unpaired) electrons. The van der Waals surface area contributed by atoms with Gasteiger partial charge >= 0.3 is 5.97 Å². The molecule has 0 fully saturated rings. The minimum atomic E-state index is -1.38. The van der Waals surface area contributed by atoms with E-state index in [0.717, 1.165) is 17.7 Å². The van der Waals surface area contributed by atoms with Crippen LogP contribution in [0, 0.1) is 11.6 Å². The first kappa shape index (κ1) is 22.0. The summed E-state index contributed by atoms with van der Waals surface area (Å²) >= 11 is 7.16. The number of carbonyl (C=O) groups is 2. The fourth-order valence-corrected chi connectivity index (χ4v) is 4.01. The Balaban J connectivity index is 1.92. The summed E-state index contributed by atoms with van der Waals surface area (Å²) in [7, 11) is 0. The van der Waals surface area contributed by atoms with Crippen molar-refractivity contribution in [1.82, 2.24) is 0 Å². The molecule has 10 heteroatoms. The predicted octanol–water partition coefficient (Wildman–Crippen LogP) is 3.91. The van der Waals surface area contributed by atoms with E-state index in [2.05, 4.69) is 4.99 Å². The quantitative estimate of drug-likeness (QED) is 0.640. The van der Waals surface area contributed by atoms with Gasteiger partial charge in [0, 0.05) is 10.8 Å². The minimum absolute atomic E-state index is 0.0652. The maximum atomic E-state index is 14.6. The third kappa shape index (κ3) is 4.73. The van der Waals surface area contributed by atoms with Crippen LogP contribution in [-0.4, -0.2) is 35.4 Å². The second-order valence-corrected chi connectivity index (χ2v) is 7.67. The molecule has 2 atom stereocenters. The maximum absolute atomic E-state index is 14.6. The molecule has 158 valence electrons. The molecular formula is C20H17ClF2N2O4S. The monoisotopic (exact) mass is 454 g/mol. The van der Waals surface area contributed by atoms with E-state index < -0.39 is 40.9 Å². The third-order valence-corrected chi connectivity index (χ3v) is 5.55. The highest BCUT2D eigenvalue weighted by Crippen LogP contribution is 2.34. The molecule has 0 aromatic heterocycles. The highest BCUT2D eigenvalue weighted by atomic mass is 35.5. The molecule has 1 aliphatic rings. The van der Waals surface area contributed by atoms with Crippen molar-refractivity contribution in [2.24, 2.45) is 10.7 Å². The minimum Gasteiger partial charge on any atom is -0.469 e. The SMILES string of the molecule is CCOC(=O)C(Oc1ccc(F)c(C(N)=O)c1F)C1=NC(c2ccc(Cl)cc2)CS1. The van der Waals surface area contributed by atoms with E-state index in [1.54, 1.807) is 19.1 Å². The van der Waals surface area contributed by atoms with Gasteiger partial charge in [-0.3, -0.25) is 9.79 Å². The molecule has 1 aliphatic heterocycles. The number of hydrogen-bond donors (Lipinski definition) is 1. The first-order valence-corrected chi connectivity index (χ1v) is 10.2. The second-order valence-electron chi connectivity index (χ2n) is 6.19. The zero-order valence-corrected chi connectivity index (χ0v) is 17.3. The Morgan fingerprint density at radius 1 is 1.27 bits per heavy atom. The molecule has 0 saturated carbocycles. The number of primary amides is 1. The van der Waals surface area contributed by atoms with Crippen LogP contribution >= 0.6 is 23.4 Å². The number of benzene rings is 2. The fourth-order valence-electron chi connectivity index (χ4n) is 2.79. The lowest BCUT2D eigenvalue weighted by Crippen LogP contribution is -2.35. The maximum Gasteiger partial charge on any atom is 0.354 e. The van der Waals surface area contributed by atoms with Gasteiger partial charge in [0.2, 0.25) is 6.10 Å². The molecule has 0 bridgehead atoms. The van der Waals surface area contributed by atoms with Crippen molar-refractivity contribution in [1.29, 1.82) is 0 Å². The first-order valence-electron chi connectivity index (χ1n) is 8.88. The lowest BCUT2D eigenvalue weighted by Gasteiger charge is -2.18. The number of rotatable bonds is 7. The summed E-state index contributed by atoms with van der Waals surface area (Å²) in [6, 6.07) is 8.64. The van der Waals surface area contributed by atoms with E-state index in [-0.39, 0.29) is 17.7 Å². The summed E-state index contributed by atoms with van der Waals surface area (Å²) in [4.78, 5) is 28.3. The second kappa shape index (κ2) is 9.44. The summed E-state index contributed by atoms with van der Waals surface area (Å²) in [5.74, 6) is -4.50. The Morgan fingerprint density at radius 3 is 2.60 bits per heavy atom. The van der Waals surface area contributed by atoms with Crippen LogP contribution in [0.25, 0.3) is 0 Å². The molecule has 2 aromatic rings. The molecule has 2 N–H and O–H groups in total. The lowest BCUT2D eigenvalue weighted by atomic mass is 10.1. The Labute approximate surface area is 180 Å². The van der Waals surface area contributed by atoms with Gasteiger partial charge in [-0.2, -0.15) is 0 Å². The van der Waals surface area contributed by atoms with Gasteiger partial charge in [0.15, 0.2) is 11.6 Å². The predicted molar refractivity (Wildman–Crippen MR) is 110 cm³/mol. The Morgan fingerprint density at radius 2 is 1.97 bits per heavy atom. The van der Waals surface area contributed by atoms with Crippen LogP contribution in [-0.2, 0) is 9.53 Å². The first-order chi connectivity index (χ1) is 14.3. The molecular weight excluding hydrogens is 438 g/mol. The Kier molecular flexibility index (Phi) is 6.94. The van der Waals surface area contributed by atoms with Crippen molar-refractivity contribution in [2.45, 2.75) is 19.1 Å². The number of nitrogens with two attached hydrogens (primary N) is 1. The molecule has 3 rings (SSSR count). The van der Waals surface area contributed by atoms with Gasteiger partial charge in [-0.05, 0) is 36.8 Å². The van der Waals surface area contributed by atoms with Crippen LogP contribution in [0.3, 0.4) is 0 Å². The molecule has 0 spiro atoms. The van der Waals surface area contributed by atoms with Crippen LogP contribution in [0.5, 0.6) is 5.75 Å². The van der Waals surface area contributed by atoms with Gasteiger partial charge < -0.3 is 15.2 Å². The zero-order chi connectivity index (χ0) is 21.8. The normalized spacial score (nSPS) is 16.7. The average molecular weight is 455 g/mol. The van der Waals surface area contributed by atoms with Gasteiger partial charge in [0.05, 0.1) is 12.6 Å². The van der Waals surface area contributed by atoms with E-state index in [9.17, 15) is 18.4 Å². The Hall–Kier alpha value is -2.65. The molecule has 2 aromatic carbocycles. The standard InChI is InChI=1S/C20H17ClF2N2O4S/c1-2-28-20(27)17(29-14-8-7-12(22)15(16(14)23)18(24)26)19-25-13(9-30-19)10-3-5-11(21)6-4-10/h3-8,13,17H,2,9H2,1H3,(H2,24,26). The molecule has 1 amide bonds. The van der Waals surface area contributed by atoms with E-state index in [1.807, 2.05) is 12.1 Å². The summed E-state index contributed by atoms with van der Waals surface area (Å²) in [6.45, 7) is 1.68. The number of amides is 1. The van der Waals surface area contributed by atoms with Crippen molar-refractivity contribution in [2.75, 3.05) is 12.4 Å². The Bertz CT molecular complexity index is 1000. The van der Waals surface area contributed by atoms with Crippen molar-refractivity contribution in [3.8, 4) is 5.75 Å². The number of aliphatic imine (C=N–C) groups is 1. The number of esters is 1. The van der Waals surface area contributed by atoms with Crippen LogP contribution in [0.15, 0.2) is 41.4 Å². The smallest absolute Gasteiger partial charge is 0.354 e. The molecule has 0 saturated heterocycles. The topological polar surface area (TPSA) is 91.0 Å². The third-order valence-electron chi connectivity index (χ3n) is 4.20. The summed E-state index contributed by atoms with van der Waals surface area (Å²) < 4.78 is 38.8. The number of carbonyl (C=O) groups excluding carboxylic acids is 2. The van der Waals surface area contributed by atoms with Crippen molar-refractivity contribution in [3.63, 3.8) is 0 Å². The average Bonchev–Trinajstić information content (AvgIpc) is 3.17. The molecule has 2 unspecified atom stereocenters. The number of ether oxygens (including phenoxy) is 2. The van der Waals surface area contributed by atoms with Gasteiger partial charge in [-0.25, -0.2) is 13.6 Å². The van der Waals surface area contributed by atoms with Gasteiger partial charge in [-0.1, -0.05) is 23.7 Å². The van der Waals surface area contributed by atoms with Crippen LogP contribution in [0.2, 0.25) is 5.02 Å². The van der Waals surface area contributed by atoms with E-state index in [0.29, 0.717) is 10.8 Å². The van der Waals surface area contributed by atoms with Crippen molar-refractivity contribution < 1.29 is 27.8 Å². The number of thioether (sulfide) groups is 1. The number of nitrogens with zero attached hydrogens (tertiary/aromatic N) is 1. The molecule has 0 aliphatic carbocycles. The fraction of sp³-hybridized carbons (Fsp3) is 0.250. The van der Waals surface area contributed by atoms with Gasteiger partial charge in [-0.15, -0.1) is 11.8 Å². The molecule has 6 nitrogen and oxygen atoms in total. The number of halogens is 3. The summed E-state index contributed by atoms with van der Waals surface area (Å²) in [5, 5.41) is 0.858. The van der Waals surface area contributed by atoms with Gasteiger partial charge in [0.1, 0.15) is 16.4 Å². The van der Waals surface area contributed by atoms with Gasteiger partial charge in [0.25, 0.3) is 5.91 Å². The van der Waals surface area contributed by atoms with Crippen LogP contribution in [0.1, 0.15) is 28.9 Å². The summed E-state index contributed by atoms with van der Waals surface area (Å²) in [6.07, 6.45) is -1.38. The number of hydrogen-bond acceptors (Lipinski definition) is 6. The van der Waals surface area contributed by atoms with Crippen LogP contribution in [0.4, 0.5) is 8.78 Å². The molecule has 1 heterocycles. The summed E-state index contributed by atoms with van der Waals surface area (Å²) in [5.41, 5.74) is 4.97. The van der Waals surface area contributed by atoms with Crippen molar-refractivity contribution >= 4 is 40.3 Å². The molecule has 30 heavy (non-hydrogen) atoms.